The minimum absolute atomic E-state index is 0.0882. The van der Waals surface area contributed by atoms with Gasteiger partial charge in [-0.15, -0.1) is 0 Å². The summed E-state index contributed by atoms with van der Waals surface area (Å²) in [6.45, 7) is 3.54. The van der Waals surface area contributed by atoms with Gasteiger partial charge in [0.1, 0.15) is 28.6 Å². The maximum atomic E-state index is 13.0. The highest BCUT2D eigenvalue weighted by Gasteiger charge is 2.16. The lowest BCUT2D eigenvalue weighted by Gasteiger charge is -2.10. The van der Waals surface area contributed by atoms with E-state index in [4.69, 9.17) is 18.6 Å². The molecule has 0 aliphatic carbocycles. The summed E-state index contributed by atoms with van der Waals surface area (Å²) in [4.78, 5) is 25.4. The van der Waals surface area contributed by atoms with E-state index in [1.165, 1.54) is 6.07 Å². The molecule has 3 aromatic carbocycles. The highest BCUT2D eigenvalue weighted by molar-refractivity contribution is 5.91. The average Bonchev–Trinajstić information content (AvgIpc) is 2.76. The van der Waals surface area contributed by atoms with E-state index in [0.717, 1.165) is 5.56 Å². The Bertz CT molecular complexity index is 1340. The molecule has 0 radical (unpaired) electrons. The van der Waals surface area contributed by atoms with Crippen LogP contribution in [0.5, 0.6) is 23.0 Å². The molecule has 1 heterocycles. The second-order valence-corrected chi connectivity index (χ2v) is 7.01. The molecule has 4 rings (SSSR count). The lowest BCUT2D eigenvalue weighted by molar-refractivity contribution is 0.0735. The van der Waals surface area contributed by atoms with Gasteiger partial charge in [-0.1, -0.05) is 23.8 Å². The number of hydrogen-bond acceptors (Lipinski definition) is 6. The smallest absolute Gasteiger partial charge is 0.343 e. The van der Waals surface area contributed by atoms with Crippen LogP contribution in [0.15, 0.2) is 75.9 Å². The average molecular weight is 416 g/mol. The highest BCUT2D eigenvalue weighted by Crippen LogP contribution is 2.29. The first-order valence-corrected chi connectivity index (χ1v) is 9.63. The first-order chi connectivity index (χ1) is 14.9. The van der Waals surface area contributed by atoms with Crippen LogP contribution in [-0.2, 0) is 0 Å². The number of aryl methyl sites for hydroxylation is 2. The Morgan fingerprint density at radius 1 is 0.871 bits per heavy atom. The van der Waals surface area contributed by atoms with Crippen molar-refractivity contribution in [2.45, 2.75) is 13.8 Å². The molecule has 0 spiro atoms. The van der Waals surface area contributed by atoms with Crippen LogP contribution in [0.1, 0.15) is 21.7 Å². The Morgan fingerprint density at radius 3 is 2.42 bits per heavy atom. The van der Waals surface area contributed by atoms with Crippen LogP contribution < -0.4 is 19.6 Å². The summed E-state index contributed by atoms with van der Waals surface area (Å²) >= 11 is 0. The minimum Gasteiger partial charge on any atom is -0.497 e. The van der Waals surface area contributed by atoms with Crippen LogP contribution >= 0.6 is 0 Å². The molecule has 0 N–H and O–H groups in total. The first-order valence-electron chi connectivity index (χ1n) is 9.63. The van der Waals surface area contributed by atoms with Gasteiger partial charge in [0.2, 0.25) is 11.2 Å². The van der Waals surface area contributed by atoms with Gasteiger partial charge >= 0.3 is 5.97 Å². The number of rotatable bonds is 5. The third-order valence-electron chi connectivity index (χ3n) is 4.71. The summed E-state index contributed by atoms with van der Waals surface area (Å²) in [5, 5.41) is 0.318. The second-order valence-electron chi connectivity index (χ2n) is 7.01. The molecule has 0 aliphatic rings. The van der Waals surface area contributed by atoms with Crippen molar-refractivity contribution < 1.29 is 23.4 Å². The molecule has 0 saturated heterocycles. The summed E-state index contributed by atoms with van der Waals surface area (Å²) in [7, 11) is 1.55. The molecule has 0 fully saturated rings. The van der Waals surface area contributed by atoms with Crippen molar-refractivity contribution in [2.24, 2.45) is 0 Å². The molecule has 0 unspecified atom stereocenters. The Morgan fingerprint density at radius 2 is 1.65 bits per heavy atom. The van der Waals surface area contributed by atoms with Gasteiger partial charge in [-0.25, -0.2) is 4.79 Å². The van der Waals surface area contributed by atoms with Crippen LogP contribution in [-0.4, -0.2) is 13.1 Å². The summed E-state index contributed by atoms with van der Waals surface area (Å²) < 4.78 is 22.2. The van der Waals surface area contributed by atoms with E-state index in [1.807, 2.05) is 13.0 Å². The van der Waals surface area contributed by atoms with E-state index in [-0.39, 0.29) is 16.9 Å². The molecule has 1 aromatic heterocycles. The topological polar surface area (TPSA) is 75.0 Å². The van der Waals surface area contributed by atoms with Gasteiger partial charge in [0.05, 0.1) is 18.1 Å². The number of carbonyl (C=O) groups is 1. The molecular weight excluding hydrogens is 396 g/mol. The highest BCUT2D eigenvalue weighted by atomic mass is 16.5. The Kier molecular flexibility index (Phi) is 5.45. The molecule has 0 atom stereocenters. The van der Waals surface area contributed by atoms with E-state index in [2.05, 4.69) is 0 Å². The van der Waals surface area contributed by atoms with E-state index >= 15 is 0 Å². The van der Waals surface area contributed by atoms with Gasteiger partial charge in [0, 0.05) is 12.1 Å². The largest absolute Gasteiger partial charge is 0.497 e. The molecule has 0 aliphatic heterocycles. The maximum absolute atomic E-state index is 13.0. The van der Waals surface area contributed by atoms with E-state index < -0.39 is 5.97 Å². The van der Waals surface area contributed by atoms with Gasteiger partial charge in [-0.3, -0.25) is 4.79 Å². The van der Waals surface area contributed by atoms with Crippen LogP contribution in [0.25, 0.3) is 11.0 Å². The fourth-order valence-corrected chi connectivity index (χ4v) is 3.17. The standard InChI is InChI=1S/C25H20O6/c1-15-6-4-7-17(12-15)25(27)31-20-10-11-21-22(14-20)29-16(2)24(23(21)26)30-19-9-5-8-18(13-19)28-3/h4-14H,1-3H3. The van der Waals surface area contributed by atoms with Gasteiger partial charge in [-0.05, 0) is 50.2 Å². The quantitative estimate of drug-likeness (QED) is 0.319. The molecule has 31 heavy (non-hydrogen) atoms. The lowest BCUT2D eigenvalue weighted by atomic mass is 10.1. The summed E-state index contributed by atoms with van der Waals surface area (Å²) in [6, 6.07) is 18.7. The lowest BCUT2D eigenvalue weighted by Crippen LogP contribution is -2.10. The Labute approximate surface area is 178 Å². The number of esters is 1. The summed E-state index contributed by atoms with van der Waals surface area (Å²) in [5.74, 6) is 1.26. The third-order valence-corrected chi connectivity index (χ3v) is 4.71. The van der Waals surface area contributed by atoms with Crippen LogP contribution in [0.3, 0.4) is 0 Å². The molecule has 0 saturated carbocycles. The van der Waals surface area contributed by atoms with E-state index in [9.17, 15) is 9.59 Å². The van der Waals surface area contributed by atoms with Crippen LogP contribution in [0.2, 0.25) is 0 Å². The van der Waals surface area contributed by atoms with Crippen molar-refractivity contribution in [2.75, 3.05) is 7.11 Å². The molecule has 0 bridgehead atoms. The Hall–Kier alpha value is -4.06. The van der Waals surface area contributed by atoms with Crippen LogP contribution in [0, 0.1) is 13.8 Å². The zero-order valence-corrected chi connectivity index (χ0v) is 17.3. The third kappa shape index (κ3) is 4.28. The fourth-order valence-electron chi connectivity index (χ4n) is 3.17. The van der Waals surface area contributed by atoms with Crippen molar-refractivity contribution in [3.8, 4) is 23.0 Å². The number of ether oxygens (including phenoxy) is 3. The van der Waals surface area contributed by atoms with Gasteiger partial charge in [0.25, 0.3) is 0 Å². The number of fused-ring (bicyclic) bond motifs is 1. The molecule has 4 aromatic rings. The normalized spacial score (nSPS) is 10.7. The zero-order valence-electron chi connectivity index (χ0n) is 17.3. The summed E-state index contributed by atoms with van der Waals surface area (Å²) in [5.41, 5.74) is 1.38. The first kappa shape index (κ1) is 20.2. The van der Waals surface area contributed by atoms with Crippen molar-refractivity contribution in [1.29, 1.82) is 0 Å². The summed E-state index contributed by atoms with van der Waals surface area (Å²) in [6.07, 6.45) is 0. The maximum Gasteiger partial charge on any atom is 0.343 e. The number of methoxy groups -OCH3 is 1. The SMILES string of the molecule is COc1cccc(Oc2c(C)oc3cc(OC(=O)c4cccc(C)c4)ccc3c2=O)c1. The van der Waals surface area contributed by atoms with Crippen molar-refractivity contribution in [3.05, 3.63) is 93.8 Å². The van der Waals surface area contributed by atoms with E-state index in [0.29, 0.717) is 33.8 Å². The van der Waals surface area contributed by atoms with Gasteiger partial charge in [-0.2, -0.15) is 0 Å². The molecular formula is C25H20O6. The monoisotopic (exact) mass is 416 g/mol. The zero-order chi connectivity index (χ0) is 22.0. The van der Waals surface area contributed by atoms with Crippen molar-refractivity contribution in [1.82, 2.24) is 0 Å². The molecule has 6 nitrogen and oxygen atoms in total. The van der Waals surface area contributed by atoms with Crippen molar-refractivity contribution in [3.63, 3.8) is 0 Å². The molecule has 156 valence electrons. The second kappa shape index (κ2) is 8.36. The molecule has 0 amide bonds. The Balaban J connectivity index is 1.64. The predicted molar refractivity (Wildman–Crippen MR) is 116 cm³/mol. The van der Waals surface area contributed by atoms with Gasteiger partial charge in [0.15, 0.2) is 0 Å². The predicted octanol–water partition coefficient (Wildman–Crippen LogP) is 5.43. The van der Waals surface area contributed by atoms with Crippen molar-refractivity contribution >= 4 is 16.9 Å². The number of benzene rings is 3. The number of hydrogen-bond donors (Lipinski definition) is 0. The van der Waals surface area contributed by atoms with Gasteiger partial charge < -0.3 is 18.6 Å². The van der Waals surface area contributed by atoms with E-state index in [1.54, 1.807) is 68.6 Å². The number of carbonyl (C=O) groups excluding carboxylic acids is 1. The van der Waals surface area contributed by atoms with Crippen LogP contribution in [0.4, 0.5) is 0 Å². The fraction of sp³-hybridized carbons (Fsp3) is 0.120. The molecule has 6 heteroatoms. The minimum atomic E-state index is -0.486.